The highest BCUT2D eigenvalue weighted by molar-refractivity contribution is 5.76. The lowest BCUT2D eigenvalue weighted by atomic mass is 10.0. The molecule has 1 atom stereocenters. The number of hydrogen-bond acceptors (Lipinski definition) is 6. The maximum Gasteiger partial charge on any atom is 0.323 e. The molecule has 1 fully saturated rings. The van der Waals surface area contributed by atoms with Gasteiger partial charge in [-0.25, -0.2) is 4.98 Å². The van der Waals surface area contributed by atoms with Crippen LogP contribution in [-0.2, 0) is 22.7 Å². The molecule has 0 amide bonds. The summed E-state index contributed by atoms with van der Waals surface area (Å²) in [5.74, 6) is 1.97. The van der Waals surface area contributed by atoms with E-state index in [4.69, 9.17) is 13.9 Å². The molecule has 4 rings (SSSR count). The van der Waals surface area contributed by atoms with Crippen LogP contribution in [-0.4, -0.2) is 35.5 Å². The monoisotopic (exact) mass is 392 g/mol. The number of aryl methyl sites for hydroxylation is 1. The number of hydrogen-bond donors (Lipinski definition) is 0. The average molecular weight is 392 g/mol. The highest BCUT2D eigenvalue weighted by Crippen LogP contribution is 2.24. The van der Waals surface area contributed by atoms with Crippen LogP contribution >= 0.6 is 0 Å². The lowest BCUT2D eigenvalue weighted by molar-refractivity contribution is -0.152. The Morgan fingerprint density at radius 1 is 1.17 bits per heavy atom. The van der Waals surface area contributed by atoms with Gasteiger partial charge in [0.2, 0.25) is 5.89 Å². The molecule has 3 aromatic rings. The number of carbonyl (C=O) groups is 1. The summed E-state index contributed by atoms with van der Waals surface area (Å²) in [6.07, 6.45) is 0.857. The molecule has 0 unspecified atom stereocenters. The highest BCUT2D eigenvalue weighted by Gasteiger charge is 2.34. The lowest BCUT2D eigenvalue weighted by Crippen LogP contribution is -2.52. The van der Waals surface area contributed by atoms with Gasteiger partial charge in [-0.05, 0) is 43.2 Å². The minimum Gasteiger partial charge on any atom is -0.487 e. The first-order valence-corrected chi connectivity index (χ1v) is 9.69. The van der Waals surface area contributed by atoms with Crippen molar-refractivity contribution in [1.29, 1.82) is 0 Å². The highest BCUT2D eigenvalue weighted by atomic mass is 16.5. The van der Waals surface area contributed by atoms with Crippen molar-refractivity contribution in [1.82, 2.24) is 9.88 Å². The van der Waals surface area contributed by atoms with Crippen molar-refractivity contribution in [3.05, 3.63) is 71.6 Å². The normalized spacial score (nSPS) is 16.3. The standard InChI is InChI=1S/C23H24N2O4/c1-16-20(24-22(29-16)18-6-4-3-5-7-18)15-28-19-10-8-17(9-11-19)14-25-13-12-21(25)23(26)27-2/h3-11,21H,12-15H2,1-2H3/t21-/m1/s1. The van der Waals surface area contributed by atoms with Crippen molar-refractivity contribution >= 4 is 5.97 Å². The Morgan fingerprint density at radius 3 is 2.59 bits per heavy atom. The number of aromatic nitrogens is 1. The van der Waals surface area contributed by atoms with Crippen molar-refractivity contribution in [2.75, 3.05) is 13.7 Å². The van der Waals surface area contributed by atoms with Gasteiger partial charge in [0.15, 0.2) is 0 Å². The molecule has 1 aromatic heterocycles. The second kappa shape index (κ2) is 8.49. The van der Waals surface area contributed by atoms with Crippen molar-refractivity contribution < 1.29 is 18.7 Å². The molecular weight excluding hydrogens is 368 g/mol. The molecule has 0 aliphatic carbocycles. The van der Waals surface area contributed by atoms with E-state index in [-0.39, 0.29) is 12.0 Å². The van der Waals surface area contributed by atoms with Gasteiger partial charge in [0.1, 0.15) is 29.9 Å². The molecule has 1 aliphatic rings. The number of ether oxygens (including phenoxy) is 2. The van der Waals surface area contributed by atoms with E-state index in [1.165, 1.54) is 7.11 Å². The largest absolute Gasteiger partial charge is 0.487 e. The Balaban J connectivity index is 1.34. The van der Waals surface area contributed by atoms with E-state index in [2.05, 4.69) is 9.88 Å². The van der Waals surface area contributed by atoms with Crippen LogP contribution in [0.3, 0.4) is 0 Å². The van der Waals surface area contributed by atoms with Gasteiger partial charge in [-0.15, -0.1) is 0 Å². The second-order valence-corrected chi connectivity index (χ2v) is 7.12. The van der Waals surface area contributed by atoms with E-state index in [0.717, 1.165) is 47.8 Å². The number of nitrogens with zero attached hydrogens (tertiary/aromatic N) is 2. The molecule has 0 bridgehead atoms. The van der Waals surface area contributed by atoms with Gasteiger partial charge in [0, 0.05) is 18.7 Å². The zero-order chi connectivity index (χ0) is 20.2. The fourth-order valence-corrected chi connectivity index (χ4v) is 3.38. The molecule has 2 aromatic carbocycles. The van der Waals surface area contributed by atoms with Crippen molar-refractivity contribution in [2.45, 2.75) is 32.5 Å². The van der Waals surface area contributed by atoms with Gasteiger partial charge in [0.25, 0.3) is 0 Å². The van der Waals surface area contributed by atoms with Crippen LogP contribution in [0.15, 0.2) is 59.0 Å². The second-order valence-electron chi connectivity index (χ2n) is 7.12. The number of carbonyl (C=O) groups excluding carboxylic acids is 1. The molecule has 2 heterocycles. The van der Waals surface area contributed by atoms with Crippen LogP contribution in [0.1, 0.15) is 23.4 Å². The Labute approximate surface area is 170 Å². The summed E-state index contributed by atoms with van der Waals surface area (Å²) in [7, 11) is 1.43. The molecule has 6 nitrogen and oxygen atoms in total. The Kier molecular flexibility index (Phi) is 5.62. The first-order chi connectivity index (χ1) is 14.1. The van der Waals surface area contributed by atoms with E-state index in [1.54, 1.807) is 0 Å². The molecular formula is C23H24N2O4. The summed E-state index contributed by atoms with van der Waals surface area (Å²) in [4.78, 5) is 18.4. The number of benzene rings is 2. The van der Waals surface area contributed by atoms with E-state index < -0.39 is 0 Å². The average Bonchev–Trinajstić information content (AvgIpc) is 3.11. The van der Waals surface area contributed by atoms with E-state index in [1.807, 2.05) is 61.5 Å². The van der Waals surface area contributed by atoms with Gasteiger partial charge in [-0.3, -0.25) is 9.69 Å². The molecule has 6 heteroatoms. The maximum atomic E-state index is 11.7. The first-order valence-electron chi connectivity index (χ1n) is 9.69. The first kappa shape index (κ1) is 19.2. The minimum absolute atomic E-state index is 0.120. The van der Waals surface area contributed by atoms with Crippen LogP contribution in [0.2, 0.25) is 0 Å². The third kappa shape index (κ3) is 4.32. The van der Waals surface area contributed by atoms with Crippen LogP contribution in [0.5, 0.6) is 5.75 Å². The summed E-state index contributed by atoms with van der Waals surface area (Å²) >= 11 is 0. The lowest BCUT2D eigenvalue weighted by Gasteiger charge is -2.38. The van der Waals surface area contributed by atoms with E-state index in [0.29, 0.717) is 12.5 Å². The molecule has 0 N–H and O–H groups in total. The minimum atomic E-state index is -0.158. The van der Waals surface area contributed by atoms with Gasteiger partial charge in [-0.2, -0.15) is 0 Å². The van der Waals surface area contributed by atoms with Crippen molar-refractivity contribution in [3.8, 4) is 17.2 Å². The van der Waals surface area contributed by atoms with Crippen LogP contribution < -0.4 is 4.74 Å². The fourth-order valence-electron chi connectivity index (χ4n) is 3.38. The topological polar surface area (TPSA) is 64.8 Å². The van der Waals surface area contributed by atoms with Gasteiger partial charge >= 0.3 is 5.97 Å². The molecule has 0 spiro atoms. The predicted molar refractivity (Wildman–Crippen MR) is 108 cm³/mol. The number of oxazole rings is 1. The number of rotatable bonds is 7. The Bertz CT molecular complexity index is 966. The summed E-state index contributed by atoms with van der Waals surface area (Å²) in [5.41, 5.74) is 2.87. The van der Waals surface area contributed by atoms with Gasteiger partial charge in [-0.1, -0.05) is 30.3 Å². The molecule has 29 heavy (non-hydrogen) atoms. The predicted octanol–water partition coefficient (Wildman–Crippen LogP) is 3.98. The zero-order valence-corrected chi connectivity index (χ0v) is 16.6. The number of esters is 1. The number of likely N-dealkylation sites (tertiary alicyclic amines) is 1. The molecule has 1 saturated heterocycles. The summed E-state index contributed by atoms with van der Waals surface area (Å²) in [6, 6.07) is 17.6. The molecule has 0 saturated carbocycles. The van der Waals surface area contributed by atoms with Gasteiger partial charge < -0.3 is 13.9 Å². The Morgan fingerprint density at radius 2 is 1.93 bits per heavy atom. The molecule has 0 radical (unpaired) electrons. The summed E-state index contributed by atoms with van der Waals surface area (Å²) < 4.78 is 16.5. The van der Waals surface area contributed by atoms with Crippen molar-refractivity contribution in [2.24, 2.45) is 0 Å². The molecule has 150 valence electrons. The van der Waals surface area contributed by atoms with Crippen LogP contribution in [0, 0.1) is 6.92 Å². The molecule has 1 aliphatic heterocycles. The van der Waals surface area contributed by atoms with Crippen molar-refractivity contribution in [3.63, 3.8) is 0 Å². The third-order valence-electron chi connectivity index (χ3n) is 5.20. The van der Waals surface area contributed by atoms with Crippen LogP contribution in [0.4, 0.5) is 0 Å². The number of methoxy groups -OCH3 is 1. The quantitative estimate of drug-likeness (QED) is 0.567. The Hall–Kier alpha value is -3.12. The van der Waals surface area contributed by atoms with E-state index in [9.17, 15) is 4.79 Å². The van der Waals surface area contributed by atoms with E-state index >= 15 is 0 Å². The summed E-state index contributed by atoms with van der Waals surface area (Å²) in [6.45, 7) is 3.88. The SMILES string of the molecule is COC(=O)[C@H]1CCN1Cc1ccc(OCc2nc(-c3ccccc3)oc2C)cc1. The summed E-state index contributed by atoms with van der Waals surface area (Å²) in [5, 5.41) is 0. The smallest absolute Gasteiger partial charge is 0.323 e. The van der Waals surface area contributed by atoms with Gasteiger partial charge in [0.05, 0.1) is 7.11 Å². The van der Waals surface area contributed by atoms with Crippen LogP contribution in [0.25, 0.3) is 11.5 Å². The third-order valence-corrected chi connectivity index (χ3v) is 5.20. The maximum absolute atomic E-state index is 11.7. The zero-order valence-electron chi connectivity index (χ0n) is 16.6. The fraction of sp³-hybridized carbons (Fsp3) is 0.304.